The van der Waals surface area contributed by atoms with Gasteiger partial charge in [-0.05, 0) is 42.3 Å². The maximum absolute atomic E-state index is 13.1. The molecule has 0 aliphatic carbocycles. The zero-order valence-corrected chi connectivity index (χ0v) is 17.5. The van der Waals surface area contributed by atoms with Crippen molar-refractivity contribution in [1.82, 2.24) is 18.2 Å². The Morgan fingerprint density at radius 2 is 1.80 bits per heavy atom. The second kappa shape index (κ2) is 7.19. The molecule has 4 rings (SSSR count). The van der Waals surface area contributed by atoms with E-state index in [-0.39, 0.29) is 17.1 Å². The van der Waals surface area contributed by atoms with Crippen LogP contribution in [0.15, 0.2) is 48.5 Å². The lowest BCUT2D eigenvalue weighted by Gasteiger charge is -2.16. The fourth-order valence-corrected chi connectivity index (χ4v) is 4.40. The van der Waals surface area contributed by atoms with E-state index < -0.39 is 16.2 Å². The van der Waals surface area contributed by atoms with Gasteiger partial charge in [0, 0.05) is 19.5 Å². The van der Waals surface area contributed by atoms with Gasteiger partial charge in [0.2, 0.25) is 0 Å². The Kier molecular flexibility index (Phi) is 4.79. The van der Waals surface area contributed by atoms with Crippen LogP contribution in [0.2, 0.25) is 0 Å². The van der Waals surface area contributed by atoms with Gasteiger partial charge in [0.05, 0.1) is 22.1 Å². The summed E-state index contributed by atoms with van der Waals surface area (Å²) in [5.41, 5.74) is 2.28. The zero-order chi connectivity index (χ0) is 21.6. The highest BCUT2D eigenvalue weighted by Gasteiger charge is 2.28. The molecule has 30 heavy (non-hydrogen) atoms. The van der Waals surface area contributed by atoms with Gasteiger partial charge in [-0.2, -0.15) is 12.7 Å². The van der Waals surface area contributed by atoms with Crippen LogP contribution in [0.4, 0.5) is 0 Å². The molecule has 1 N–H and O–H groups in total. The topological polar surface area (TPSA) is 105 Å². The van der Waals surface area contributed by atoms with Crippen molar-refractivity contribution in [2.75, 3.05) is 14.1 Å². The smallest absolute Gasteiger partial charge is 0.338 e. The summed E-state index contributed by atoms with van der Waals surface area (Å²) in [4.78, 5) is 21.0. The van der Waals surface area contributed by atoms with Crippen LogP contribution in [-0.4, -0.2) is 51.8 Å². The van der Waals surface area contributed by atoms with Crippen molar-refractivity contribution in [3.05, 3.63) is 59.7 Å². The highest BCUT2D eigenvalue weighted by molar-refractivity contribution is 7.87. The number of pyridine rings is 1. The van der Waals surface area contributed by atoms with Gasteiger partial charge >= 0.3 is 16.2 Å². The van der Waals surface area contributed by atoms with E-state index in [0.717, 1.165) is 20.3 Å². The van der Waals surface area contributed by atoms with E-state index in [0.29, 0.717) is 21.9 Å². The van der Waals surface area contributed by atoms with Crippen LogP contribution < -0.4 is 0 Å². The second-order valence-corrected chi connectivity index (χ2v) is 9.04. The van der Waals surface area contributed by atoms with E-state index in [2.05, 4.69) is 9.97 Å². The molecule has 0 atom stereocenters. The number of carboxylic acid groups (broad SMARTS) is 1. The van der Waals surface area contributed by atoms with Gasteiger partial charge in [0.1, 0.15) is 5.69 Å². The first-order valence-electron chi connectivity index (χ1n) is 9.32. The zero-order valence-electron chi connectivity index (χ0n) is 16.7. The highest BCUT2D eigenvalue weighted by atomic mass is 32.2. The summed E-state index contributed by atoms with van der Waals surface area (Å²) in [5.74, 6) is -1.24. The number of aryl methyl sites for hydroxylation is 1. The lowest BCUT2D eigenvalue weighted by molar-refractivity contribution is 0.0697. The number of hydrogen-bond acceptors (Lipinski definition) is 5. The Labute approximate surface area is 173 Å². The summed E-state index contributed by atoms with van der Waals surface area (Å²) in [6.07, 6.45) is 0.803. The number of nitrogens with zero attached hydrogens (tertiary/aromatic N) is 4. The number of fused-ring (bicyclic) bond motifs is 2. The minimum atomic E-state index is -3.99. The molecule has 0 unspecified atom stereocenters. The monoisotopic (exact) mass is 424 g/mol. The van der Waals surface area contributed by atoms with Crippen molar-refractivity contribution in [1.29, 1.82) is 0 Å². The summed E-state index contributed by atoms with van der Waals surface area (Å²) in [6, 6.07) is 13.9. The SMILES string of the molecule is CCc1ccc2nc(-c3nc4ccccc4n3S(=O)(=O)N(C)C)c(C(=O)O)cc2c1. The van der Waals surface area contributed by atoms with Gasteiger partial charge in [-0.25, -0.2) is 18.7 Å². The van der Waals surface area contributed by atoms with Crippen molar-refractivity contribution in [2.45, 2.75) is 13.3 Å². The molecule has 0 fully saturated rings. The number of para-hydroxylation sites is 2. The normalized spacial score (nSPS) is 12.1. The Hall–Kier alpha value is -3.30. The van der Waals surface area contributed by atoms with Crippen LogP contribution in [0.25, 0.3) is 33.5 Å². The third-order valence-corrected chi connectivity index (χ3v) is 6.69. The van der Waals surface area contributed by atoms with Crippen molar-refractivity contribution in [3.8, 4) is 11.5 Å². The minimum Gasteiger partial charge on any atom is -0.478 e. The van der Waals surface area contributed by atoms with Crippen molar-refractivity contribution < 1.29 is 18.3 Å². The Morgan fingerprint density at radius 3 is 2.47 bits per heavy atom. The molecule has 2 aromatic carbocycles. The molecule has 0 saturated carbocycles. The molecule has 8 nitrogen and oxygen atoms in total. The van der Waals surface area contributed by atoms with Crippen LogP contribution in [0.1, 0.15) is 22.8 Å². The summed E-state index contributed by atoms with van der Waals surface area (Å²) in [5, 5.41) is 10.5. The fourth-order valence-electron chi connectivity index (χ4n) is 3.33. The van der Waals surface area contributed by atoms with Crippen LogP contribution >= 0.6 is 0 Å². The molecule has 0 bridgehead atoms. The van der Waals surface area contributed by atoms with Gasteiger partial charge in [-0.3, -0.25) is 0 Å². The van der Waals surface area contributed by atoms with E-state index in [4.69, 9.17) is 0 Å². The van der Waals surface area contributed by atoms with E-state index in [9.17, 15) is 18.3 Å². The predicted octanol–water partition coefficient (Wildman–Crippen LogP) is 3.17. The highest BCUT2D eigenvalue weighted by Crippen LogP contribution is 2.31. The molecule has 0 saturated heterocycles. The number of aromatic nitrogens is 3. The molecular weight excluding hydrogens is 404 g/mol. The Bertz CT molecular complexity index is 1410. The molecule has 0 spiro atoms. The molecule has 0 radical (unpaired) electrons. The molecule has 4 aromatic rings. The average molecular weight is 424 g/mol. The van der Waals surface area contributed by atoms with Gasteiger partial charge in [-0.15, -0.1) is 0 Å². The number of benzene rings is 2. The minimum absolute atomic E-state index is 0.000809. The predicted molar refractivity (Wildman–Crippen MR) is 115 cm³/mol. The lowest BCUT2D eigenvalue weighted by Crippen LogP contribution is -2.29. The third-order valence-electron chi connectivity index (χ3n) is 4.94. The van der Waals surface area contributed by atoms with E-state index >= 15 is 0 Å². The average Bonchev–Trinajstić information content (AvgIpc) is 3.12. The van der Waals surface area contributed by atoms with Crippen LogP contribution in [-0.2, 0) is 16.6 Å². The van der Waals surface area contributed by atoms with Crippen LogP contribution in [0, 0.1) is 0 Å². The first-order chi connectivity index (χ1) is 14.2. The van der Waals surface area contributed by atoms with E-state index in [1.54, 1.807) is 30.3 Å². The number of carboxylic acids is 1. The number of imidazole rings is 1. The van der Waals surface area contributed by atoms with Crippen LogP contribution in [0.5, 0.6) is 0 Å². The summed E-state index contributed by atoms with van der Waals surface area (Å²) in [7, 11) is -1.17. The molecule has 2 aromatic heterocycles. The summed E-state index contributed by atoms with van der Waals surface area (Å²) in [6.45, 7) is 2.01. The number of carbonyl (C=O) groups is 1. The molecule has 0 amide bonds. The fraction of sp³-hybridized carbons (Fsp3) is 0.190. The molecule has 9 heteroatoms. The maximum Gasteiger partial charge on any atom is 0.338 e. The van der Waals surface area contributed by atoms with Gasteiger partial charge < -0.3 is 5.11 Å². The van der Waals surface area contributed by atoms with E-state index in [1.807, 2.05) is 19.1 Å². The van der Waals surface area contributed by atoms with Crippen molar-refractivity contribution >= 4 is 38.1 Å². The Balaban J connectivity index is 2.12. The number of hydrogen-bond donors (Lipinski definition) is 1. The van der Waals surface area contributed by atoms with Gasteiger partial charge in [0.15, 0.2) is 5.82 Å². The molecular formula is C21H20N4O4S. The second-order valence-electron chi connectivity index (χ2n) is 7.05. The number of aromatic carboxylic acids is 1. The quantitative estimate of drug-likeness (QED) is 0.528. The summed E-state index contributed by atoms with van der Waals surface area (Å²) >= 11 is 0. The van der Waals surface area contributed by atoms with Gasteiger partial charge in [-0.1, -0.05) is 25.1 Å². The van der Waals surface area contributed by atoms with Crippen molar-refractivity contribution in [2.24, 2.45) is 0 Å². The number of rotatable bonds is 5. The van der Waals surface area contributed by atoms with Gasteiger partial charge in [0.25, 0.3) is 0 Å². The lowest BCUT2D eigenvalue weighted by atomic mass is 10.1. The molecule has 0 aliphatic heterocycles. The first-order valence-corrected chi connectivity index (χ1v) is 10.7. The van der Waals surface area contributed by atoms with E-state index in [1.165, 1.54) is 20.2 Å². The van der Waals surface area contributed by atoms with Crippen molar-refractivity contribution in [3.63, 3.8) is 0 Å². The molecule has 154 valence electrons. The van der Waals surface area contributed by atoms with Crippen LogP contribution in [0.3, 0.4) is 0 Å². The maximum atomic E-state index is 13.1. The molecule has 0 aliphatic rings. The molecule has 2 heterocycles. The summed E-state index contributed by atoms with van der Waals surface area (Å²) < 4.78 is 28.3. The standard InChI is InChI=1S/C21H20N4O4S/c1-4-13-9-10-16-14(11-13)12-15(21(26)27)19(22-16)20-23-17-7-5-6-8-18(17)25(20)30(28,29)24(2)3/h5-12H,4H2,1-3H3,(H,26,27). The first kappa shape index (κ1) is 20.0. The Morgan fingerprint density at radius 1 is 1.07 bits per heavy atom. The third kappa shape index (κ3) is 3.12. The largest absolute Gasteiger partial charge is 0.478 e.